The Bertz CT molecular complexity index is 4190. The van der Waals surface area contributed by atoms with Crippen LogP contribution in [-0.4, -0.2) is 20.3 Å². The Balaban J connectivity index is 0.000000215. The predicted octanol–water partition coefficient (Wildman–Crippen LogP) is 28.4. The van der Waals surface area contributed by atoms with E-state index in [0.29, 0.717) is 24.7 Å². The molecule has 0 spiro atoms. The summed E-state index contributed by atoms with van der Waals surface area (Å²) in [7, 11) is -4.20. The Morgan fingerprint density at radius 2 is 0.539 bits per heavy atom. The highest BCUT2D eigenvalue weighted by Crippen LogP contribution is 2.57. The van der Waals surface area contributed by atoms with Gasteiger partial charge < -0.3 is 31.6 Å². The maximum Gasteiger partial charge on any atom is 0.505 e. The highest BCUT2D eigenvalue weighted by atomic mass is 31.2. The lowest BCUT2D eigenvalue weighted by molar-refractivity contribution is 0.380. The predicted molar refractivity (Wildman–Crippen MR) is 440 cm³/mol. The molecule has 1 aliphatic heterocycles. The van der Waals surface area contributed by atoms with E-state index < -0.39 is 25.2 Å². The summed E-state index contributed by atoms with van der Waals surface area (Å²) in [5.74, 6) is 1.27. The molecule has 6 aromatic carbocycles. The van der Waals surface area contributed by atoms with Crippen LogP contribution in [0.4, 0.5) is 4.20 Å². The molecule has 9 nitrogen and oxygen atoms in total. The fourth-order valence-electron chi connectivity index (χ4n) is 12.7. The Labute approximate surface area is 619 Å². The minimum Gasteiger partial charge on any atom is -0.414 e. The number of hydrogen-bond acceptors (Lipinski definition) is 9. The second kappa shape index (κ2) is 28.9. The molecule has 0 saturated heterocycles. The summed E-state index contributed by atoms with van der Waals surface area (Å²) in [6.45, 7) is 83.4. The quantitative estimate of drug-likeness (QED) is 0.172. The molecular formula is C89H133FNO8P3. The van der Waals surface area contributed by atoms with Crippen LogP contribution in [0.1, 0.15) is 340 Å². The Hall–Kier alpha value is -5.04. The maximum absolute atomic E-state index is 15.5. The van der Waals surface area contributed by atoms with Gasteiger partial charge in [-0.3, -0.25) is 9.05 Å². The average molecular weight is 1460 g/mol. The van der Waals surface area contributed by atoms with Gasteiger partial charge in [-0.1, -0.05) is 305 Å². The third-order valence-corrected chi connectivity index (χ3v) is 22.3. The summed E-state index contributed by atoms with van der Waals surface area (Å²) in [6, 6.07) is 27.3. The number of hydrogen-bond donors (Lipinski definition) is 1. The van der Waals surface area contributed by atoms with E-state index in [4.69, 9.17) is 40.6 Å². The number of rotatable bonds is 4. The van der Waals surface area contributed by atoms with Crippen molar-refractivity contribution in [3.05, 3.63) is 151 Å². The molecule has 2 aromatic heterocycles. The van der Waals surface area contributed by atoms with Gasteiger partial charge in [0.25, 0.3) is 0 Å². The second-order valence-electron chi connectivity index (χ2n) is 41.2. The molecule has 2 N–H and O–H groups in total. The van der Waals surface area contributed by atoms with Gasteiger partial charge >= 0.3 is 25.2 Å². The molecule has 0 saturated carbocycles. The summed E-state index contributed by atoms with van der Waals surface area (Å²) >= 11 is 0. The van der Waals surface area contributed by atoms with Gasteiger partial charge in [-0.05, 0) is 123 Å². The van der Waals surface area contributed by atoms with Gasteiger partial charge in [0.15, 0.2) is 0 Å². The summed E-state index contributed by atoms with van der Waals surface area (Å²) in [6.07, 6.45) is 0. The van der Waals surface area contributed by atoms with Crippen molar-refractivity contribution in [2.45, 2.75) is 327 Å². The van der Waals surface area contributed by atoms with Gasteiger partial charge in [-0.25, -0.2) is 0 Å². The Kier molecular flexibility index (Phi) is 23.9. The van der Waals surface area contributed by atoms with E-state index in [2.05, 4.69) is 329 Å². The molecule has 0 atom stereocenters. The van der Waals surface area contributed by atoms with Crippen molar-refractivity contribution in [1.29, 1.82) is 0 Å². The fourth-order valence-corrected chi connectivity index (χ4v) is 15.4. The maximum atomic E-state index is 15.5. The topological polar surface area (TPSA) is 116 Å². The van der Waals surface area contributed by atoms with Gasteiger partial charge in [-0.2, -0.15) is 0 Å². The molecule has 0 unspecified atom stereocenters. The van der Waals surface area contributed by atoms with Crippen molar-refractivity contribution < 1.29 is 39.1 Å². The lowest BCUT2D eigenvalue weighted by atomic mass is 9.74. The van der Waals surface area contributed by atoms with Crippen molar-refractivity contribution in [3.63, 3.8) is 0 Å². The molecule has 0 fully saturated rings. The van der Waals surface area contributed by atoms with Crippen molar-refractivity contribution in [2.75, 3.05) is 20.3 Å². The van der Waals surface area contributed by atoms with Crippen molar-refractivity contribution in [2.24, 2.45) is 5.73 Å². The number of halogens is 1. The van der Waals surface area contributed by atoms with E-state index in [0.717, 1.165) is 66.1 Å². The zero-order chi connectivity index (χ0) is 77.7. The van der Waals surface area contributed by atoms with Crippen LogP contribution in [0, 0.1) is 0 Å². The van der Waals surface area contributed by atoms with Crippen molar-refractivity contribution in [1.82, 2.24) is 0 Å². The summed E-state index contributed by atoms with van der Waals surface area (Å²) in [5.41, 5.74) is 24.8. The normalized spacial score (nSPS) is 15.6. The highest BCUT2D eigenvalue weighted by molar-refractivity contribution is 7.42. The van der Waals surface area contributed by atoms with Crippen LogP contribution in [0.3, 0.4) is 0 Å². The Morgan fingerprint density at radius 3 is 0.745 bits per heavy atom. The number of nitrogens with two attached hydrogens (primary N) is 1. The first-order chi connectivity index (χ1) is 45.9. The lowest BCUT2D eigenvalue weighted by Crippen LogP contribution is -2.22. The molecule has 3 heterocycles. The van der Waals surface area contributed by atoms with E-state index in [1.54, 1.807) is 7.11 Å². The van der Waals surface area contributed by atoms with Crippen molar-refractivity contribution in [3.8, 4) is 11.5 Å². The molecule has 102 heavy (non-hydrogen) atoms. The van der Waals surface area contributed by atoms with E-state index in [1.165, 1.54) is 55.6 Å². The van der Waals surface area contributed by atoms with Gasteiger partial charge in [0.05, 0.1) is 13.7 Å². The smallest absolute Gasteiger partial charge is 0.414 e. The monoisotopic (exact) mass is 1460 g/mol. The highest BCUT2D eigenvalue weighted by Gasteiger charge is 2.39. The second-order valence-corrected chi connectivity index (χ2v) is 44.3. The number of benzene rings is 6. The first-order valence-corrected chi connectivity index (χ1v) is 40.3. The Morgan fingerprint density at radius 1 is 0.324 bits per heavy atom. The zero-order valence-corrected chi connectivity index (χ0v) is 73.2. The molecule has 0 aliphatic carbocycles. The summed E-state index contributed by atoms with van der Waals surface area (Å²) in [5, 5.41) is 4.35. The standard InChI is InChI=1S/C30H44FO2P.C30H46NO3P.C29H43O3P/c1-18-21-14-19(27(2,3)4)16-23(29(8,9)10)25(21)32-34(31)33-26-22(18)15-20(28(5,6)7)17-24(26)30(11,12)13;1-27(2,3)19-15-21-22-16-20(28(4,5)6)18-24(30(10,11)12)26(22)34-35(32-14-13-31)33-25(21)23(17-19)29(7,8)9;1-26(2,3)18-14-20-21-15-19(27(4,5)6)17-23(29(10,11)12)25(21)32-33(30-13)31-24(20)22(16-18)28(7,8)9/h14-18H,1-13H3;15-18H,13-14,31H2,1-12H3;14-17H,1-13H3. The third-order valence-electron chi connectivity index (χ3n) is 19.6. The van der Waals surface area contributed by atoms with Gasteiger partial charge in [0.2, 0.25) is 0 Å². The minimum atomic E-state index is -2.63. The van der Waals surface area contributed by atoms with Crippen molar-refractivity contribution >= 4 is 69.0 Å². The molecular weight excluding hydrogens is 1320 g/mol. The molecule has 8 aromatic rings. The van der Waals surface area contributed by atoms with Crippen LogP contribution < -0.4 is 23.8 Å². The molecule has 13 heteroatoms. The summed E-state index contributed by atoms with van der Waals surface area (Å²) in [4.78, 5) is 0. The van der Waals surface area contributed by atoms with Gasteiger partial charge in [-0.15, -0.1) is 4.20 Å². The molecule has 0 amide bonds. The molecule has 0 radical (unpaired) electrons. The molecule has 1 aliphatic rings. The first-order valence-electron chi connectivity index (χ1n) is 37.0. The third kappa shape index (κ3) is 19.2. The molecule has 0 bridgehead atoms. The first kappa shape index (κ1) is 84.2. The van der Waals surface area contributed by atoms with Gasteiger partial charge in [0, 0.05) is 78.5 Å². The van der Waals surface area contributed by atoms with Crippen LogP contribution in [-0.2, 0) is 65.0 Å². The molecule has 564 valence electrons. The van der Waals surface area contributed by atoms with E-state index >= 15 is 4.20 Å². The van der Waals surface area contributed by atoms with Crippen LogP contribution in [0.15, 0.2) is 89.6 Å². The minimum absolute atomic E-state index is 0.00282. The SMILES string of the molecule is CC(C)(C)c1cc(C(C)(C)C)c2op(OCCN)oc3c(C(C)(C)C)cc(C(C)(C)C)cc3c2c1.CC1c2cc(C(C)(C)C)cc(C(C)(C)C)c2OP(F)Oc2c1cc(C(C)(C)C)cc2C(C)(C)C.COp1oc2c(C(C)(C)C)cc(C(C)(C)C)cc2c2cc(C(C)(C)C)cc(C(C)(C)C)c2o1. The number of fused-ring (bicyclic) bond motifs is 8. The van der Waals surface area contributed by atoms with E-state index in [-0.39, 0.29) is 70.9 Å². The van der Waals surface area contributed by atoms with Crippen LogP contribution in [0.25, 0.3) is 43.9 Å². The van der Waals surface area contributed by atoms with E-state index in [9.17, 15) is 0 Å². The van der Waals surface area contributed by atoms with Gasteiger partial charge in [0.1, 0.15) is 33.8 Å². The van der Waals surface area contributed by atoms with Crippen LogP contribution in [0.2, 0.25) is 0 Å². The fraction of sp³-hybridized carbons (Fsp3) is 0.596. The lowest BCUT2D eigenvalue weighted by Gasteiger charge is -2.35. The summed E-state index contributed by atoms with van der Waals surface area (Å²) < 4.78 is 65.7. The largest absolute Gasteiger partial charge is 0.505 e. The van der Waals surface area contributed by atoms with Crippen LogP contribution in [0.5, 0.6) is 11.5 Å². The zero-order valence-electron chi connectivity index (χ0n) is 70.5. The average Bonchev–Trinajstić information content (AvgIpc) is 1.36. The molecule has 9 rings (SSSR count). The van der Waals surface area contributed by atoms with E-state index in [1.807, 2.05) is 0 Å². The van der Waals surface area contributed by atoms with Crippen LogP contribution >= 0.6 is 25.2 Å².